The Hall–Kier alpha value is -2.89. The summed E-state index contributed by atoms with van der Waals surface area (Å²) in [7, 11) is 0. The predicted octanol–water partition coefficient (Wildman–Crippen LogP) is 3.57. The van der Waals surface area contributed by atoms with E-state index in [1.807, 2.05) is 32.0 Å². The molecule has 118 valence electrons. The Kier molecular flexibility index (Phi) is 3.73. The minimum absolute atomic E-state index is 0.0106. The lowest BCUT2D eigenvalue weighted by Gasteiger charge is -2.40. The Bertz CT molecular complexity index is 756. The standard InChI is InChI=1S/C17H17N3O3/c1-11(2)19-16(12-7-9-13(10-8-12)20(22)23)18-15-6-4-3-5-14(15)17(19)21/h3-11,16,18H,1-2H3. The average molecular weight is 311 g/mol. The molecule has 0 saturated heterocycles. The van der Waals surface area contributed by atoms with Gasteiger partial charge in [0.05, 0.1) is 10.5 Å². The lowest BCUT2D eigenvalue weighted by Crippen LogP contribution is -2.46. The lowest BCUT2D eigenvalue weighted by molar-refractivity contribution is -0.384. The van der Waals surface area contributed by atoms with Crippen molar-refractivity contribution < 1.29 is 9.72 Å². The van der Waals surface area contributed by atoms with Crippen LogP contribution in [0.2, 0.25) is 0 Å². The topological polar surface area (TPSA) is 75.5 Å². The lowest BCUT2D eigenvalue weighted by atomic mass is 10.0. The van der Waals surface area contributed by atoms with Crippen molar-refractivity contribution in [3.05, 3.63) is 69.8 Å². The monoisotopic (exact) mass is 311 g/mol. The van der Waals surface area contributed by atoms with Crippen molar-refractivity contribution in [1.82, 2.24) is 4.90 Å². The van der Waals surface area contributed by atoms with Crippen molar-refractivity contribution in [3.8, 4) is 0 Å². The van der Waals surface area contributed by atoms with E-state index in [2.05, 4.69) is 5.32 Å². The Morgan fingerprint density at radius 1 is 1.13 bits per heavy atom. The molecule has 0 saturated carbocycles. The van der Waals surface area contributed by atoms with Crippen LogP contribution in [-0.4, -0.2) is 21.8 Å². The fourth-order valence-electron chi connectivity index (χ4n) is 2.82. The molecule has 0 spiro atoms. The number of fused-ring (bicyclic) bond motifs is 1. The van der Waals surface area contributed by atoms with E-state index < -0.39 is 4.92 Å². The first kappa shape index (κ1) is 15.0. The first-order valence-corrected chi connectivity index (χ1v) is 7.41. The van der Waals surface area contributed by atoms with Gasteiger partial charge in [-0.2, -0.15) is 0 Å². The summed E-state index contributed by atoms with van der Waals surface area (Å²) in [6, 6.07) is 13.7. The van der Waals surface area contributed by atoms with Crippen molar-refractivity contribution in [3.63, 3.8) is 0 Å². The maximum absolute atomic E-state index is 12.8. The number of benzene rings is 2. The minimum atomic E-state index is -0.432. The van der Waals surface area contributed by atoms with Gasteiger partial charge in [-0.15, -0.1) is 0 Å². The third-order valence-corrected chi connectivity index (χ3v) is 3.94. The highest BCUT2D eigenvalue weighted by Gasteiger charge is 2.34. The summed E-state index contributed by atoms with van der Waals surface area (Å²) < 4.78 is 0. The van der Waals surface area contributed by atoms with E-state index in [1.165, 1.54) is 12.1 Å². The molecule has 1 aliphatic rings. The summed E-state index contributed by atoms with van der Waals surface area (Å²) in [5, 5.41) is 14.2. The van der Waals surface area contributed by atoms with Crippen molar-refractivity contribution in [2.45, 2.75) is 26.1 Å². The Labute approximate surface area is 133 Å². The zero-order chi connectivity index (χ0) is 16.6. The number of para-hydroxylation sites is 1. The summed E-state index contributed by atoms with van der Waals surface area (Å²) in [5.41, 5.74) is 2.26. The molecule has 1 aliphatic heterocycles. The number of nitrogens with zero attached hydrogens (tertiary/aromatic N) is 2. The van der Waals surface area contributed by atoms with Gasteiger partial charge in [0, 0.05) is 23.9 Å². The number of non-ortho nitro benzene ring substituents is 1. The van der Waals surface area contributed by atoms with E-state index in [0.29, 0.717) is 5.56 Å². The number of amides is 1. The number of anilines is 1. The van der Waals surface area contributed by atoms with Gasteiger partial charge in [0.25, 0.3) is 11.6 Å². The van der Waals surface area contributed by atoms with Crippen LogP contribution in [0.15, 0.2) is 48.5 Å². The second kappa shape index (κ2) is 5.72. The van der Waals surface area contributed by atoms with Crippen molar-refractivity contribution in [2.75, 3.05) is 5.32 Å². The van der Waals surface area contributed by atoms with Crippen LogP contribution in [0.25, 0.3) is 0 Å². The number of hydrogen-bond acceptors (Lipinski definition) is 4. The van der Waals surface area contributed by atoms with Crippen LogP contribution in [0.3, 0.4) is 0 Å². The van der Waals surface area contributed by atoms with Crippen LogP contribution >= 0.6 is 0 Å². The van der Waals surface area contributed by atoms with Crippen molar-refractivity contribution >= 4 is 17.3 Å². The van der Waals surface area contributed by atoms with Crippen molar-refractivity contribution in [1.29, 1.82) is 0 Å². The van der Waals surface area contributed by atoms with Crippen LogP contribution in [-0.2, 0) is 0 Å². The Balaban J connectivity index is 2.03. The molecule has 23 heavy (non-hydrogen) atoms. The fraction of sp³-hybridized carbons (Fsp3) is 0.235. The molecule has 1 unspecified atom stereocenters. The number of hydrogen-bond donors (Lipinski definition) is 1. The highest BCUT2D eigenvalue weighted by molar-refractivity contribution is 6.01. The SMILES string of the molecule is CC(C)N1C(=O)c2ccccc2NC1c1ccc([N+](=O)[O-])cc1. The molecule has 2 aromatic carbocycles. The summed E-state index contributed by atoms with van der Waals surface area (Å²) in [6.45, 7) is 3.90. The number of nitro benzene ring substituents is 1. The molecule has 0 aliphatic carbocycles. The fourth-order valence-corrected chi connectivity index (χ4v) is 2.82. The molecule has 2 aromatic rings. The summed E-state index contributed by atoms with van der Waals surface area (Å²) in [6.07, 6.45) is -0.349. The number of rotatable bonds is 3. The second-order valence-electron chi connectivity index (χ2n) is 5.75. The van der Waals surface area contributed by atoms with Gasteiger partial charge in [-0.05, 0) is 43.7 Å². The van der Waals surface area contributed by atoms with E-state index in [0.717, 1.165) is 11.3 Å². The molecule has 3 rings (SSSR count). The highest BCUT2D eigenvalue weighted by atomic mass is 16.6. The van der Waals surface area contributed by atoms with Gasteiger partial charge in [0.2, 0.25) is 0 Å². The number of carbonyl (C=O) groups is 1. The van der Waals surface area contributed by atoms with E-state index in [-0.39, 0.29) is 23.8 Å². The predicted molar refractivity (Wildman–Crippen MR) is 87.2 cm³/mol. The van der Waals surface area contributed by atoms with Gasteiger partial charge in [0.15, 0.2) is 0 Å². The summed E-state index contributed by atoms with van der Waals surface area (Å²) in [4.78, 5) is 24.9. The summed E-state index contributed by atoms with van der Waals surface area (Å²) in [5.74, 6) is -0.0438. The third kappa shape index (κ3) is 2.63. The van der Waals surface area contributed by atoms with Crippen LogP contribution in [0.5, 0.6) is 0 Å². The normalized spacial score (nSPS) is 16.9. The van der Waals surface area contributed by atoms with Gasteiger partial charge < -0.3 is 10.2 Å². The molecule has 0 radical (unpaired) electrons. The van der Waals surface area contributed by atoms with E-state index in [4.69, 9.17) is 0 Å². The molecule has 1 atom stereocenters. The van der Waals surface area contributed by atoms with Gasteiger partial charge >= 0.3 is 0 Å². The van der Waals surface area contributed by atoms with E-state index >= 15 is 0 Å². The van der Waals surface area contributed by atoms with Crippen LogP contribution in [0.1, 0.15) is 35.9 Å². The maximum atomic E-state index is 12.8. The first-order valence-electron chi connectivity index (χ1n) is 7.41. The molecule has 0 aromatic heterocycles. The molecule has 1 N–H and O–H groups in total. The molecular weight excluding hydrogens is 294 g/mol. The maximum Gasteiger partial charge on any atom is 0.269 e. The quantitative estimate of drug-likeness (QED) is 0.694. The molecule has 1 heterocycles. The minimum Gasteiger partial charge on any atom is -0.361 e. The number of nitro groups is 1. The van der Waals surface area contributed by atoms with Crippen LogP contribution < -0.4 is 5.32 Å². The number of nitrogens with one attached hydrogen (secondary N) is 1. The van der Waals surface area contributed by atoms with Crippen LogP contribution in [0.4, 0.5) is 11.4 Å². The Morgan fingerprint density at radius 2 is 1.78 bits per heavy atom. The molecular formula is C17H17N3O3. The van der Waals surface area contributed by atoms with Gasteiger partial charge in [-0.1, -0.05) is 12.1 Å². The average Bonchev–Trinajstić information content (AvgIpc) is 2.54. The zero-order valence-corrected chi connectivity index (χ0v) is 12.9. The second-order valence-corrected chi connectivity index (χ2v) is 5.75. The molecule has 0 bridgehead atoms. The van der Waals surface area contributed by atoms with Crippen molar-refractivity contribution in [2.24, 2.45) is 0 Å². The smallest absolute Gasteiger partial charge is 0.269 e. The summed E-state index contributed by atoms with van der Waals surface area (Å²) >= 11 is 0. The van der Waals surface area contributed by atoms with Gasteiger partial charge in [0.1, 0.15) is 6.17 Å². The molecule has 6 nitrogen and oxygen atoms in total. The van der Waals surface area contributed by atoms with Crippen LogP contribution in [0, 0.1) is 10.1 Å². The number of carbonyl (C=O) groups excluding carboxylic acids is 1. The van der Waals surface area contributed by atoms with E-state index in [9.17, 15) is 14.9 Å². The molecule has 0 fully saturated rings. The van der Waals surface area contributed by atoms with Gasteiger partial charge in [-0.25, -0.2) is 0 Å². The first-order chi connectivity index (χ1) is 11.0. The molecule has 1 amide bonds. The van der Waals surface area contributed by atoms with E-state index in [1.54, 1.807) is 23.1 Å². The highest BCUT2D eigenvalue weighted by Crippen LogP contribution is 2.34. The molecule has 6 heteroatoms. The van der Waals surface area contributed by atoms with Gasteiger partial charge in [-0.3, -0.25) is 14.9 Å². The third-order valence-electron chi connectivity index (χ3n) is 3.94. The zero-order valence-electron chi connectivity index (χ0n) is 12.9. The largest absolute Gasteiger partial charge is 0.361 e. The Morgan fingerprint density at radius 3 is 2.39 bits per heavy atom.